The summed E-state index contributed by atoms with van der Waals surface area (Å²) in [7, 11) is 16.4. The van der Waals surface area contributed by atoms with E-state index in [1.165, 1.54) is 127 Å². The zero-order valence-corrected chi connectivity index (χ0v) is 88.5. The lowest BCUT2D eigenvalue weighted by Crippen LogP contribution is -2.14. The van der Waals surface area contributed by atoms with E-state index in [0.29, 0.717) is 88.9 Å². The highest BCUT2D eigenvalue weighted by atomic mass is 35.5. The Morgan fingerprint density at radius 1 is 0.319 bits per heavy atom. The number of esters is 3. The maximum absolute atomic E-state index is 13.3. The molecule has 0 spiro atoms. The smallest absolute Gasteiger partial charge is 0.354 e. The Morgan fingerprint density at radius 3 is 0.872 bits per heavy atom. The SMILES string of the molecule is COC(=O)c1c(C)c2c3c(Cl)ccc2n1CCCOc1cc(cc2c1CCCC2)CCc1cc(nn1C)CSCc1nn(C)c(C)c1-3.COC(=O)c1c(C)c2c3c(Cl)ccc2n1CCCOc1cc(cc2c1CCCC2)CCc1cc(nn1C)CSCc1nn(C)c(C)c1-3.COC(=O)c1c(C)c2c3c(Cl)ccc2n1CCCOc1cc(cc2c1CCCC2)CCc1cc(nn1C)CSCc1nn(C)c(C)c1-3. The van der Waals surface area contributed by atoms with Crippen LogP contribution in [0.15, 0.2) is 91.0 Å². The number of thioether (sulfide) groups is 3. The van der Waals surface area contributed by atoms with E-state index in [0.717, 1.165) is 265 Å². The molecule has 738 valence electrons. The number of fused-ring (bicyclic) bond motifs is 24. The second-order valence-corrected chi connectivity index (χ2v) is 42.7. The fourth-order valence-corrected chi connectivity index (χ4v) is 25.9. The molecule has 0 amide bonds. The lowest BCUT2D eigenvalue weighted by atomic mass is 9.88. The molecule has 12 heterocycles. The van der Waals surface area contributed by atoms with Gasteiger partial charge in [-0.05, 0) is 316 Å². The van der Waals surface area contributed by atoms with Gasteiger partial charge in [0, 0.05) is 212 Å². The van der Waals surface area contributed by atoms with Crippen molar-refractivity contribution in [1.82, 2.24) is 72.4 Å². The first-order valence-corrected chi connectivity index (χ1v) is 54.2. The van der Waals surface area contributed by atoms with Crippen molar-refractivity contribution >= 4 is 121 Å². The van der Waals surface area contributed by atoms with Crippen molar-refractivity contribution in [3.8, 4) is 50.6 Å². The average Bonchev–Trinajstić information content (AvgIpc) is 1.58. The summed E-state index contributed by atoms with van der Waals surface area (Å²) in [6.07, 6.45) is 21.5. The van der Waals surface area contributed by atoms with E-state index in [1.807, 2.05) is 128 Å². The molecule has 0 fully saturated rings. The first-order chi connectivity index (χ1) is 68.2. The van der Waals surface area contributed by atoms with Gasteiger partial charge in [0.15, 0.2) is 0 Å². The number of benzene rings is 6. The molecular formula is C111H126Cl3N15O9S3. The topological polar surface area (TPSA) is 228 Å². The third-order valence-corrected chi connectivity index (χ3v) is 33.6. The van der Waals surface area contributed by atoms with Crippen LogP contribution in [0.25, 0.3) is 66.1 Å². The molecule has 24 nitrogen and oxygen atoms in total. The number of hydrogen-bond donors (Lipinski definition) is 0. The first-order valence-electron chi connectivity index (χ1n) is 49.6. The van der Waals surface area contributed by atoms with Gasteiger partial charge in [0.1, 0.15) is 34.3 Å². The summed E-state index contributed by atoms with van der Waals surface area (Å²) < 4.78 is 53.9. The number of aryl methyl sites for hydroxylation is 21. The van der Waals surface area contributed by atoms with Crippen molar-refractivity contribution < 1.29 is 42.8 Å². The fraction of sp³-hybridized carbons (Fsp3) is 0.432. The van der Waals surface area contributed by atoms with E-state index in [1.54, 1.807) is 35.3 Å². The van der Waals surface area contributed by atoms with Crippen LogP contribution >= 0.6 is 70.1 Å². The van der Waals surface area contributed by atoms with Crippen LogP contribution in [0.5, 0.6) is 17.2 Å². The minimum atomic E-state index is -0.355. The fourth-order valence-electron chi connectivity index (χ4n) is 22.6. The van der Waals surface area contributed by atoms with E-state index in [-0.39, 0.29) is 17.9 Å². The number of ether oxygens (including phenoxy) is 6. The minimum absolute atomic E-state index is 0.355. The highest BCUT2D eigenvalue weighted by Crippen LogP contribution is 2.49. The van der Waals surface area contributed by atoms with Crippen LogP contribution in [0.3, 0.4) is 0 Å². The van der Waals surface area contributed by atoms with Crippen molar-refractivity contribution in [2.75, 3.05) is 41.2 Å². The third-order valence-electron chi connectivity index (χ3n) is 29.7. The predicted octanol–water partition coefficient (Wildman–Crippen LogP) is 23.1. The second-order valence-electron chi connectivity index (χ2n) is 38.5. The molecule has 24 bridgehead atoms. The molecule has 6 aliphatic rings. The molecule has 30 heteroatoms. The lowest BCUT2D eigenvalue weighted by Gasteiger charge is -2.21. The molecule has 0 saturated carbocycles. The van der Waals surface area contributed by atoms with Crippen LogP contribution in [-0.4, -0.2) is 131 Å². The maximum atomic E-state index is 13.3. The molecule has 9 aromatic heterocycles. The van der Waals surface area contributed by atoms with Crippen LogP contribution in [-0.2, 0) is 188 Å². The molecule has 3 aliphatic heterocycles. The molecule has 0 atom stereocenters. The maximum Gasteiger partial charge on any atom is 0.354 e. The quantitative estimate of drug-likeness (QED) is 0.118. The molecule has 21 rings (SSSR count). The molecule has 0 unspecified atom stereocenters. The molecule has 3 aliphatic carbocycles. The summed E-state index contributed by atoms with van der Waals surface area (Å²) in [6.45, 7) is 15.7. The van der Waals surface area contributed by atoms with Gasteiger partial charge in [-0.25, -0.2) is 14.4 Å². The Labute approximate surface area is 852 Å². The van der Waals surface area contributed by atoms with Crippen molar-refractivity contribution in [1.29, 1.82) is 0 Å². The predicted molar refractivity (Wildman–Crippen MR) is 566 cm³/mol. The van der Waals surface area contributed by atoms with Gasteiger partial charge < -0.3 is 42.1 Å². The number of aromatic nitrogens is 15. The molecular weight excluding hydrogens is 1890 g/mol. The van der Waals surface area contributed by atoms with Crippen molar-refractivity contribution in [3.63, 3.8) is 0 Å². The second kappa shape index (κ2) is 42.5. The summed E-state index contributed by atoms with van der Waals surface area (Å²) in [5.41, 5.74) is 38.1. The standard InChI is InChI=1S/3C37H42ClN5O3S/c3*1-22-33-31-14-13-29(38)35(33)34-23(2)41(3)40-30(34)21-47-20-26-19-27(42(4)39-26)12-11-24-17-25-9-6-7-10-28(25)32(18-24)46-16-8-15-43(31)36(22)37(44)45-5/h3*13-14,17-19H,6-12,15-16,20-21H2,1-5H3. The van der Waals surface area contributed by atoms with E-state index in [9.17, 15) is 14.4 Å². The van der Waals surface area contributed by atoms with E-state index in [2.05, 4.69) is 89.1 Å². The van der Waals surface area contributed by atoms with Gasteiger partial charge in [-0.15, -0.1) is 35.3 Å². The Hall–Kier alpha value is -11.1. The number of halogens is 3. The van der Waals surface area contributed by atoms with Crippen LogP contribution in [0.2, 0.25) is 15.1 Å². The molecule has 0 saturated heterocycles. The van der Waals surface area contributed by atoms with Gasteiger partial charge in [0.25, 0.3) is 0 Å². The average molecular weight is 2020 g/mol. The zero-order valence-electron chi connectivity index (χ0n) is 83.7. The number of rotatable bonds is 3. The molecule has 0 N–H and O–H groups in total. The summed E-state index contributed by atoms with van der Waals surface area (Å²) in [5.74, 6) is 6.42. The van der Waals surface area contributed by atoms with Crippen molar-refractivity contribution in [2.24, 2.45) is 42.3 Å². The van der Waals surface area contributed by atoms with E-state index >= 15 is 0 Å². The summed E-state index contributed by atoms with van der Waals surface area (Å²) in [6, 6.07) is 32.6. The normalized spacial score (nSPS) is 15.5. The molecule has 0 radical (unpaired) electrons. The van der Waals surface area contributed by atoms with Gasteiger partial charge >= 0.3 is 17.9 Å². The molecule has 15 aromatic rings. The Balaban J connectivity index is 0.000000134. The summed E-state index contributed by atoms with van der Waals surface area (Å²) in [5, 5.41) is 34.2. The van der Waals surface area contributed by atoms with Crippen LogP contribution in [0, 0.1) is 41.5 Å². The third kappa shape index (κ3) is 19.7. The minimum Gasteiger partial charge on any atom is -0.493 e. The summed E-state index contributed by atoms with van der Waals surface area (Å²) >= 11 is 26.6. The monoisotopic (exact) mass is 2010 g/mol. The largest absolute Gasteiger partial charge is 0.493 e. The van der Waals surface area contributed by atoms with Gasteiger partial charge in [0.05, 0.1) is 75.3 Å². The first kappa shape index (κ1) is 98.7. The number of methoxy groups -OCH3 is 3. The Bertz CT molecular complexity index is 6700. The molecule has 6 aromatic carbocycles. The Kier molecular flexibility index (Phi) is 29.7. The number of carbonyl (C=O) groups is 3. The van der Waals surface area contributed by atoms with Gasteiger partial charge in [0.2, 0.25) is 0 Å². The van der Waals surface area contributed by atoms with Gasteiger partial charge in [-0.1, -0.05) is 53.0 Å². The van der Waals surface area contributed by atoms with Crippen molar-refractivity contribution in [3.05, 3.63) is 258 Å². The molecule has 141 heavy (non-hydrogen) atoms. The van der Waals surface area contributed by atoms with Gasteiger partial charge in [-0.3, -0.25) is 28.1 Å². The highest BCUT2D eigenvalue weighted by molar-refractivity contribution is 7.98. The van der Waals surface area contributed by atoms with Crippen LogP contribution < -0.4 is 14.2 Å². The highest BCUT2D eigenvalue weighted by Gasteiger charge is 2.34. The van der Waals surface area contributed by atoms with Crippen LogP contribution in [0.1, 0.15) is 224 Å². The van der Waals surface area contributed by atoms with Crippen molar-refractivity contribution in [2.45, 2.75) is 231 Å². The number of carbonyl (C=O) groups excluding carboxylic acids is 3. The van der Waals surface area contributed by atoms with E-state index in [4.69, 9.17) is 93.8 Å². The number of hydrogen-bond acceptors (Lipinski definition) is 18. The number of nitrogens with zero attached hydrogens (tertiary/aromatic N) is 15. The van der Waals surface area contributed by atoms with E-state index < -0.39 is 0 Å². The van der Waals surface area contributed by atoms with Crippen LogP contribution in [0.4, 0.5) is 0 Å². The lowest BCUT2D eigenvalue weighted by molar-refractivity contribution is 0.0578. The Morgan fingerprint density at radius 2 is 0.596 bits per heavy atom. The van der Waals surface area contributed by atoms with Gasteiger partial charge in [-0.2, -0.15) is 30.6 Å². The summed E-state index contributed by atoms with van der Waals surface area (Å²) in [4.78, 5) is 40.0. The zero-order chi connectivity index (χ0) is 98.5.